The third kappa shape index (κ3) is 2.27. The smallest absolute Gasteiger partial charge is 0.293 e. The molecule has 1 fully saturated rings. The van der Waals surface area contributed by atoms with E-state index in [-0.39, 0.29) is 22.7 Å². The van der Waals surface area contributed by atoms with Gasteiger partial charge in [0.05, 0.1) is 4.92 Å². The number of benzene rings is 1. The van der Waals surface area contributed by atoms with Crippen molar-refractivity contribution in [2.75, 3.05) is 5.32 Å². The van der Waals surface area contributed by atoms with Crippen molar-refractivity contribution in [2.24, 2.45) is 11.1 Å². The van der Waals surface area contributed by atoms with Gasteiger partial charge in [0.1, 0.15) is 5.69 Å². The van der Waals surface area contributed by atoms with E-state index < -0.39 is 10.8 Å². The highest BCUT2D eigenvalue weighted by atomic mass is 16.6. The van der Waals surface area contributed by atoms with Crippen LogP contribution in [-0.4, -0.2) is 16.9 Å². The summed E-state index contributed by atoms with van der Waals surface area (Å²) in [5, 5.41) is 14.1. The molecule has 6 nitrogen and oxygen atoms in total. The van der Waals surface area contributed by atoms with Crippen LogP contribution in [0.2, 0.25) is 0 Å². The second-order valence-corrected chi connectivity index (χ2v) is 5.24. The molecular weight excluding hydrogens is 234 g/mol. The van der Waals surface area contributed by atoms with Crippen LogP contribution in [0.3, 0.4) is 0 Å². The Morgan fingerprint density at radius 3 is 2.61 bits per heavy atom. The zero-order valence-electron chi connectivity index (χ0n) is 10.3. The number of primary amides is 1. The molecule has 0 aliphatic heterocycles. The van der Waals surface area contributed by atoms with Crippen molar-refractivity contribution in [2.45, 2.75) is 26.3 Å². The van der Waals surface area contributed by atoms with Gasteiger partial charge in [0.2, 0.25) is 5.91 Å². The highest BCUT2D eigenvalue weighted by Gasteiger charge is 2.46. The summed E-state index contributed by atoms with van der Waals surface area (Å²) in [4.78, 5) is 21.5. The van der Waals surface area contributed by atoms with Gasteiger partial charge < -0.3 is 11.1 Å². The Bertz CT molecular complexity index is 525. The maximum Gasteiger partial charge on any atom is 0.293 e. The van der Waals surface area contributed by atoms with Crippen molar-refractivity contribution in [3.8, 4) is 0 Å². The average molecular weight is 249 g/mol. The third-order valence-electron chi connectivity index (χ3n) is 3.32. The van der Waals surface area contributed by atoms with Crippen LogP contribution in [0.25, 0.3) is 0 Å². The molecule has 1 aromatic carbocycles. The van der Waals surface area contributed by atoms with E-state index in [1.54, 1.807) is 0 Å². The predicted molar refractivity (Wildman–Crippen MR) is 67.4 cm³/mol. The normalized spacial score (nSPS) is 20.2. The summed E-state index contributed by atoms with van der Waals surface area (Å²) in [7, 11) is 0. The molecule has 0 bridgehead atoms. The first-order valence-corrected chi connectivity index (χ1v) is 5.66. The maximum atomic E-state index is 11.0. The second kappa shape index (κ2) is 3.97. The number of nitrogens with two attached hydrogens (primary N) is 1. The summed E-state index contributed by atoms with van der Waals surface area (Å²) in [6.45, 7) is 4.18. The van der Waals surface area contributed by atoms with Crippen LogP contribution >= 0.6 is 0 Å². The fraction of sp³-hybridized carbons (Fsp3) is 0.417. The number of amides is 1. The summed E-state index contributed by atoms with van der Waals surface area (Å²) in [5.41, 5.74) is 5.73. The number of nitro groups is 1. The second-order valence-electron chi connectivity index (χ2n) is 5.24. The number of hydrogen-bond donors (Lipinski definition) is 2. The molecule has 0 saturated heterocycles. The molecule has 0 spiro atoms. The van der Waals surface area contributed by atoms with E-state index in [2.05, 4.69) is 19.2 Å². The van der Waals surface area contributed by atoms with Crippen molar-refractivity contribution in [1.29, 1.82) is 0 Å². The SMILES string of the molecule is CC1(C)CC1Nc1ccc(C(N)=O)cc1[N+](=O)[O-]. The molecule has 0 heterocycles. The number of nitro benzene ring substituents is 1. The van der Waals surface area contributed by atoms with Gasteiger partial charge in [-0.3, -0.25) is 14.9 Å². The topological polar surface area (TPSA) is 98.3 Å². The largest absolute Gasteiger partial charge is 0.376 e. The van der Waals surface area contributed by atoms with E-state index in [0.29, 0.717) is 5.69 Å². The van der Waals surface area contributed by atoms with Crippen LogP contribution in [-0.2, 0) is 0 Å². The highest BCUT2D eigenvalue weighted by molar-refractivity contribution is 5.94. The summed E-state index contributed by atoms with van der Waals surface area (Å²) < 4.78 is 0. The standard InChI is InChI=1S/C12H15N3O3/c1-12(2)6-10(12)14-8-4-3-7(11(13)16)5-9(8)15(17)18/h3-5,10,14H,6H2,1-2H3,(H2,13,16). The average Bonchev–Trinajstić information content (AvgIpc) is 2.85. The van der Waals surface area contributed by atoms with Crippen LogP contribution in [0.5, 0.6) is 0 Å². The van der Waals surface area contributed by atoms with E-state index in [1.165, 1.54) is 18.2 Å². The molecule has 1 unspecified atom stereocenters. The summed E-state index contributed by atoms with van der Waals surface area (Å²) in [6.07, 6.45) is 0.974. The zero-order chi connectivity index (χ0) is 13.5. The molecule has 96 valence electrons. The number of nitrogens with one attached hydrogen (secondary N) is 1. The first-order valence-electron chi connectivity index (χ1n) is 5.66. The minimum atomic E-state index is -0.670. The number of anilines is 1. The molecule has 18 heavy (non-hydrogen) atoms. The Morgan fingerprint density at radius 1 is 1.56 bits per heavy atom. The Morgan fingerprint density at radius 2 is 2.17 bits per heavy atom. The molecule has 1 aliphatic rings. The fourth-order valence-electron chi connectivity index (χ4n) is 1.86. The van der Waals surface area contributed by atoms with Crippen molar-refractivity contribution in [1.82, 2.24) is 0 Å². The van der Waals surface area contributed by atoms with E-state index in [4.69, 9.17) is 5.73 Å². The van der Waals surface area contributed by atoms with Gasteiger partial charge in [0, 0.05) is 17.7 Å². The van der Waals surface area contributed by atoms with E-state index >= 15 is 0 Å². The van der Waals surface area contributed by atoms with Crippen molar-refractivity contribution < 1.29 is 9.72 Å². The molecule has 1 amide bonds. The molecule has 6 heteroatoms. The van der Waals surface area contributed by atoms with Crippen molar-refractivity contribution in [3.63, 3.8) is 0 Å². The molecule has 1 aromatic rings. The van der Waals surface area contributed by atoms with Gasteiger partial charge in [-0.25, -0.2) is 0 Å². The van der Waals surface area contributed by atoms with Gasteiger partial charge in [-0.2, -0.15) is 0 Å². The number of carbonyl (C=O) groups excluding carboxylic acids is 1. The summed E-state index contributed by atoms with van der Waals surface area (Å²) in [6, 6.07) is 4.47. The Balaban J connectivity index is 2.29. The van der Waals surface area contributed by atoms with Gasteiger partial charge >= 0.3 is 0 Å². The number of rotatable bonds is 4. The lowest BCUT2D eigenvalue weighted by Gasteiger charge is -2.09. The zero-order valence-corrected chi connectivity index (χ0v) is 10.3. The van der Waals surface area contributed by atoms with Crippen LogP contribution in [0.1, 0.15) is 30.6 Å². The molecule has 1 aliphatic carbocycles. The molecular formula is C12H15N3O3. The quantitative estimate of drug-likeness (QED) is 0.629. The van der Waals surface area contributed by atoms with E-state index in [1.807, 2.05) is 0 Å². The van der Waals surface area contributed by atoms with Gasteiger partial charge in [-0.1, -0.05) is 13.8 Å². The molecule has 1 saturated carbocycles. The van der Waals surface area contributed by atoms with Gasteiger partial charge in [-0.05, 0) is 24.0 Å². The number of nitrogens with zero attached hydrogens (tertiary/aromatic N) is 1. The van der Waals surface area contributed by atoms with E-state index in [0.717, 1.165) is 6.42 Å². The Hall–Kier alpha value is -2.11. The van der Waals surface area contributed by atoms with Gasteiger partial charge in [0.25, 0.3) is 5.69 Å². The van der Waals surface area contributed by atoms with Gasteiger partial charge in [-0.15, -0.1) is 0 Å². The third-order valence-corrected chi connectivity index (χ3v) is 3.32. The molecule has 0 radical (unpaired) electrons. The lowest BCUT2D eigenvalue weighted by atomic mass is 10.1. The van der Waals surface area contributed by atoms with Crippen LogP contribution in [0.4, 0.5) is 11.4 Å². The molecule has 0 aromatic heterocycles. The maximum absolute atomic E-state index is 11.0. The van der Waals surface area contributed by atoms with Crippen molar-refractivity contribution in [3.05, 3.63) is 33.9 Å². The molecule has 1 atom stereocenters. The minimum absolute atomic E-state index is 0.117. The molecule has 2 rings (SSSR count). The van der Waals surface area contributed by atoms with Crippen molar-refractivity contribution >= 4 is 17.3 Å². The summed E-state index contributed by atoms with van der Waals surface area (Å²) in [5.74, 6) is -0.670. The van der Waals surface area contributed by atoms with Crippen LogP contribution in [0, 0.1) is 15.5 Å². The Kier molecular flexibility index (Phi) is 2.73. The number of hydrogen-bond acceptors (Lipinski definition) is 4. The highest BCUT2D eigenvalue weighted by Crippen LogP contribution is 2.47. The summed E-state index contributed by atoms with van der Waals surface area (Å²) >= 11 is 0. The van der Waals surface area contributed by atoms with Crippen LogP contribution in [0.15, 0.2) is 18.2 Å². The lowest BCUT2D eigenvalue weighted by molar-refractivity contribution is -0.384. The lowest BCUT2D eigenvalue weighted by Crippen LogP contribution is -2.13. The Labute approximate surface area is 104 Å². The monoisotopic (exact) mass is 249 g/mol. The van der Waals surface area contributed by atoms with Gasteiger partial charge in [0.15, 0.2) is 0 Å². The van der Waals surface area contributed by atoms with Crippen LogP contribution < -0.4 is 11.1 Å². The van der Waals surface area contributed by atoms with E-state index in [9.17, 15) is 14.9 Å². The fourth-order valence-corrected chi connectivity index (χ4v) is 1.86. The first-order chi connectivity index (χ1) is 8.31. The first kappa shape index (κ1) is 12.3. The molecule has 3 N–H and O–H groups in total. The predicted octanol–water partition coefficient (Wildman–Crippen LogP) is 1.90. The minimum Gasteiger partial charge on any atom is -0.376 e. The number of carbonyl (C=O) groups is 1.